The van der Waals surface area contributed by atoms with Crippen molar-refractivity contribution >= 4 is 33.4 Å². The Hall–Kier alpha value is -0.580. The van der Waals surface area contributed by atoms with Crippen LogP contribution in [0.3, 0.4) is 0 Å². The second-order valence-corrected chi connectivity index (χ2v) is 5.91. The van der Waals surface area contributed by atoms with Gasteiger partial charge in [0.15, 0.2) is 0 Å². The molecule has 0 spiro atoms. The Morgan fingerprint density at radius 1 is 1.56 bits per heavy atom. The molecule has 1 atom stereocenters. The fraction of sp³-hybridized carbons (Fsp3) is 0.462. The second-order valence-electron chi connectivity index (χ2n) is 4.62. The highest BCUT2D eigenvalue weighted by Gasteiger charge is 2.24. The number of halogens is 2. The molecule has 1 aliphatic heterocycles. The smallest absolute Gasteiger partial charge is 0.255 e. The normalized spacial score (nSPS) is 19.9. The molecule has 0 saturated carbocycles. The minimum absolute atomic E-state index is 0.0301. The summed E-state index contributed by atoms with van der Waals surface area (Å²) in [4.78, 5) is 14.3. The lowest BCUT2D eigenvalue weighted by Gasteiger charge is -2.32. The van der Waals surface area contributed by atoms with Crippen LogP contribution in [-0.2, 0) is 0 Å². The maximum absolute atomic E-state index is 12.4. The van der Waals surface area contributed by atoms with Crippen molar-refractivity contribution in [3.63, 3.8) is 0 Å². The molecule has 1 aromatic carbocycles. The standard InChI is InChI=1S/C13H16BrClN2O/c14-12-4-3-10(15)6-11(12)13(18)17-5-1-2-9(7-16)8-17/h3-4,6,9H,1-2,5,7-8,16H2. The number of benzene rings is 1. The van der Waals surface area contributed by atoms with Gasteiger partial charge in [0.1, 0.15) is 0 Å². The van der Waals surface area contributed by atoms with E-state index in [9.17, 15) is 4.79 Å². The van der Waals surface area contributed by atoms with Crippen molar-refractivity contribution in [2.24, 2.45) is 11.7 Å². The maximum atomic E-state index is 12.4. The molecule has 1 unspecified atom stereocenters. The summed E-state index contributed by atoms with van der Waals surface area (Å²) in [5, 5.41) is 0.578. The first kappa shape index (κ1) is 13.8. The zero-order valence-electron chi connectivity index (χ0n) is 10.0. The Balaban J connectivity index is 2.17. The molecule has 1 aliphatic rings. The molecular weight excluding hydrogens is 316 g/mol. The van der Waals surface area contributed by atoms with E-state index in [2.05, 4.69) is 15.9 Å². The van der Waals surface area contributed by atoms with E-state index in [4.69, 9.17) is 17.3 Å². The van der Waals surface area contributed by atoms with E-state index in [1.54, 1.807) is 18.2 Å². The van der Waals surface area contributed by atoms with Gasteiger partial charge in [0.25, 0.3) is 5.91 Å². The first-order valence-corrected chi connectivity index (χ1v) is 7.23. The van der Waals surface area contributed by atoms with Gasteiger partial charge in [-0.05, 0) is 59.4 Å². The molecule has 5 heteroatoms. The van der Waals surface area contributed by atoms with Gasteiger partial charge in [-0.25, -0.2) is 0 Å². The van der Waals surface area contributed by atoms with Crippen molar-refractivity contribution in [2.75, 3.05) is 19.6 Å². The number of rotatable bonds is 2. The first-order chi connectivity index (χ1) is 8.61. The molecule has 1 aromatic rings. The van der Waals surface area contributed by atoms with Gasteiger partial charge in [-0.2, -0.15) is 0 Å². The van der Waals surface area contributed by atoms with Crippen molar-refractivity contribution in [2.45, 2.75) is 12.8 Å². The van der Waals surface area contributed by atoms with Crippen LogP contribution in [0.25, 0.3) is 0 Å². The molecule has 1 fully saturated rings. The fourth-order valence-corrected chi connectivity index (χ4v) is 2.86. The van der Waals surface area contributed by atoms with Crippen molar-refractivity contribution in [3.05, 3.63) is 33.3 Å². The van der Waals surface area contributed by atoms with E-state index in [1.165, 1.54) is 0 Å². The molecule has 0 aromatic heterocycles. The number of nitrogens with zero attached hydrogens (tertiary/aromatic N) is 1. The van der Waals surface area contributed by atoms with Crippen LogP contribution in [0.2, 0.25) is 5.02 Å². The SMILES string of the molecule is NCC1CCCN(C(=O)c2cc(Cl)ccc2Br)C1. The third-order valence-corrected chi connectivity index (χ3v) is 4.22. The van der Waals surface area contributed by atoms with Crippen LogP contribution in [0.1, 0.15) is 23.2 Å². The van der Waals surface area contributed by atoms with Crippen LogP contribution >= 0.6 is 27.5 Å². The van der Waals surface area contributed by atoms with Crippen LogP contribution in [-0.4, -0.2) is 30.4 Å². The Morgan fingerprint density at radius 2 is 2.33 bits per heavy atom. The topological polar surface area (TPSA) is 46.3 Å². The molecule has 2 N–H and O–H groups in total. The van der Waals surface area contributed by atoms with Gasteiger partial charge in [0.05, 0.1) is 5.56 Å². The predicted octanol–water partition coefficient (Wildman–Crippen LogP) is 2.91. The third kappa shape index (κ3) is 3.05. The highest BCUT2D eigenvalue weighted by Crippen LogP contribution is 2.25. The van der Waals surface area contributed by atoms with E-state index < -0.39 is 0 Å². The molecular formula is C13H16BrClN2O. The number of piperidine rings is 1. The van der Waals surface area contributed by atoms with E-state index in [1.807, 2.05) is 4.90 Å². The maximum Gasteiger partial charge on any atom is 0.255 e. The highest BCUT2D eigenvalue weighted by atomic mass is 79.9. The molecule has 0 radical (unpaired) electrons. The van der Waals surface area contributed by atoms with E-state index in [0.717, 1.165) is 30.4 Å². The van der Waals surface area contributed by atoms with Gasteiger partial charge < -0.3 is 10.6 Å². The molecule has 0 bridgehead atoms. The zero-order valence-corrected chi connectivity index (χ0v) is 12.4. The highest BCUT2D eigenvalue weighted by molar-refractivity contribution is 9.10. The van der Waals surface area contributed by atoms with Gasteiger partial charge >= 0.3 is 0 Å². The van der Waals surface area contributed by atoms with Crippen LogP contribution in [0.5, 0.6) is 0 Å². The number of carbonyl (C=O) groups excluding carboxylic acids is 1. The van der Waals surface area contributed by atoms with Gasteiger partial charge in [-0.15, -0.1) is 0 Å². The third-order valence-electron chi connectivity index (χ3n) is 3.30. The van der Waals surface area contributed by atoms with Crippen LogP contribution in [0.4, 0.5) is 0 Å². The number of hydrogen-bond acceptors (Lipinski definition) is 2. The summed E-state index contributed by atoms with van der Waals surface area (Å²) in [6.07, 6.45) is 2.13. The Morgan fingerprint density at radius 3 is 3.06 bits per heavy atom. The summed E-state index contributed by atoms with van der Waals surface area (Å²) in [5.74, 6) is 0.447. The molecule has 1 heterocycles. The lowest BCUT2D eigenvalue weighted by molar-refractivity contribution is 0.0677. The van der Waals surface area contributed by atoms with Crippen LogP contribution < -0.4 is 5.73 Å². The molecule has 18 heavy (non-hydrogen) atoms. The summed E-state index contributed by atoms with van der Waals surface area (Å²) in [7, 11) is 0. The van der Waals surface area contributed by atoms with E-state index in [0.29, 0.717) is 23.0 Å². The molecule has 1 amide bonds. The summed E-state index contributed by atoms with van der Waals surface area (Å²) < 4.78 is 0.784. The molecule has 2 rings (SSSR count). The van der Waals surface area contributed by atoms with Crippen molar-refractivity contribution < 1.29 is 4.79 Å². The summed E-state index contributed by atoms with van der Waals surface area (Å²) in [6, 6.07) is 5.28. The Kier molecular flexibility index (Phi) is 4.65. The van der Waals surface area contributed by atoms with Crippen LogP contribution in [0.15, 0.2) is 22.7 Å². The molecule has 0 aliphatic carbocycles. The second kappa shape index (κ2) is 6.04. The molecule has 98 valence electrons. The lowest BCUT2D eigenvalue weighted by Crippen LogP contribution is -2.42. The van der Waals surface area contributed by atoms with Crippen molar-refractivity contribution in [1.29, 1.82) is 0 Å². The average Bonchev–Trinajstić information content (AvgIpc) is 2.41. The zero-order chi connectivity index (χ0) is 13.1. The van der Waals surface area contributed by atoms with E-state index in [-0.39, 0.29) is 5.91 Å². The van der Waals surface area contributed by atoms with Crippen LogP contribution in [0, 0.1) is 5.92 Å². The summed E-state index contributed by atoms with van der Waals surface area (Å²) in [6.45, 7) is 2.18. The Bertz CT molecular complexity index is 453. The van der Waals surface area contributed by atoms with Gasteiger partial charge in [-0.3, -0.25) is 4.79 Å². The number of hydrogen-bond donors (Lipinski definition) is 1. The van der Waals surface area contributed by atoms with Crippen molar-refractivity contribution in [1.82, 2.24) is 4.90 Å². The fourth-order valence-electron chi connectivity index (χ4n) is 2.27. The van der Waals surface area contributed by atoms with Gasteiger partial charge in [-0.1, -0.05) is 11.6 Å². The minimum atomic E-state index is 0.0301. The summed E-state index contributed by atoms with van der Waals surface area (Å²) >= 11 is 9.34. The number of carbonyl (C=O) groups is 1. The first-order valence-electron chi connectivity index (χ1n) is 6.06. The van der Waals surface area contributed by atoms with Gasteiger partial charge in [0.2, 0.25) is 0 Å². The van der Waals surface area contributed by atoms with Gasteiger partial charge in [0, 0.05) is 22.6 Å². The number of likely N-dealkylation sites (tertiary alicyclic amines) is 1. The minimum Gasteiger partial charge on any atom is -0.338 e. The lowest BCUT2D eigenvalue weighted by atomic mass is 9.97. The predicted molar refractivity (Wildman–Crippen MR) is 76.8 cm³/mol. The monoisotopic (exact) mass is 330 g/mol. The quantitative estimate of drug-likeness (QED) is 0.905. The molecule has 3 nitrogen and oxygen atoms in total. The Labute approximate surface area is 120 Å². The van der Waals surface area contributed by atoms with Crippen molar-refractivity contribution in [3.8, 4) is 0 Å². The number of nitrogens with two attached hydrogens (primary N) is 1. The van der Waals surface area contributed by atoms with E-state index >= 15 is 0 Å². The largest absolute Gasteiger partial charge is 0.338 e. The average molecular weight is 332 g/mol. The number of amides is 1. The summed E-state index contributed by atoms with van der Waals surface area (Å²) in [5.41, 5.74) is 6.32. The molecule has 1 saturated heterocycles.